The van der Waals surface area contributed by atoms with Crippen molar-refractivity contribution in [2.24, 2.45) is 17.6 Å². The minimum absolute atomic E-state index is 0.101. The highest BCUT2D eigenvalue weighted by molar-refractivity contribution is 7.99. The largest absolute Gasteiger partial charge is 0.462 e. The quantitative estimate of drug-likeness (QED) is 0.0751. The predicted molar refractivity (Wildman–Crippen MR) is 257 cm³/mol. The van der Waals surface area contributed by atoms with E-state index in [2.05, 4.69) is 42.2 Å². The van der Waals surface area contributed by atoms with E-state index in [1.165, 1.54) is 39.8 Å². The molecule has 400 valence electrons. The summed E-state index contributed by atoms with van der Waals surface area (Å²) >= 11 is 0.912. The number of β-amino-alcohol motifs (C(OH)–C–C–N with tert-alkyl or cyclic N) is 1. The van der Waals surface area contributed by atoms with Crippen molar-refractivity contribution in [3.8, 4) is 5.75 Å². The summed E-state index contributed by atoms with van der Waals surface area (Å²) in [5.41, 5.74) is 6.18. The number of primary amides is 1. The molecule has 27 heteroatoms. The number of aliphatic hydroxyl groups excluding tert-OH is 1. The Bertz CT molecular complexity index is 2460. The topological polar surface area (TPSA) is 382 Å². The van der Waals surface area contributed by atoms with E-state index in [1.54, 1.807) is 19.9 Å². The van der Waals surface area contributed by atoms with Crippen LogP contribution in [0.15, 0.2) is 23.2 Å². The first-order valence-electron chi connectivity index (χ1n) is 23.4. The van der Waals surface area contributed by atoms with Crippen LogP contribution in [0.3, 0.4) is 0 Å². The van der Waals surface area contributed by atoms with Gasteiger partial charge in [-0.25, -0.2) is 0 Å². The Morgan fingerprint density at radius 1 is 0.795 bits per heavy atom. The lowest BCUT2D eigenvalue weighted by molar-refractivity contribution is -0.161. The molecule has 4 rings (SSSR count). The Morgan fingerprint density at radius 2 is 1.45 bits per heavy atom. The number of H-pyrrole nitrogens is 1. The second kappa shape index (κ2) is 26.4. The lowest BCUT2D eigenvalue weighted by Gasteiger charge is -2.35. The number of ether oxygens (including phenoxy) is 3. The molecule has 10 atom stereocenters. The highest BCUT2D eigenvalue weighted by atomic mass is 32.2. The van der Waals surface area contributed by atoms with Crippen molar-refractivity contribution in [2.75, 3.05) is 32.0 Å². The first-order chi connectivity index (χ1) is 34.3. The monoisotopic (exact) mass is 1040 g/mol. The molecule has 73 heavy (non-hydrogen) atoms. The summed E-state index contributed by atoms with van der Waals surface area (Å²) in [5, 5.41) is 28.9. The number of nitrogens with one attached hydrogen (secondary N) is 8. The molecule has 1 aromatic heterocycles. The van der Waals surface area contributed by atoms with Crippen LogP contribution in [0.2, 0.25) is 0 Å². The summed E-state index contributed by atoms with van der Waals surface area (Å²) < 4.78 is 15.9. The maximum Gasteiger partial charge on any atom is 0.308 e. The molecule has 0 spiro atoms. The summed E-state index contributed by atoms with van der Waals surface area (Å²) in [7, 11) is 0. The van der Waals surface area contributed by atoms with Gasteiger partial charge in [0.05, 0.1) is 36.2 Å². The van der Waals surface area contributed by atoms with Gasteiger partial charge in [-0.1, -0.05) is 27.2 Å². The number of hydrogen-bond acceptors (Lipinski definition) is 17. The number of esters is 3. The van der Waals surface area contributed by atoms with Crippen molar-refractivity contribution < 1.29 is 76.9 Å². The molecular formula is C46H64N10O16S. The lowest BCUT2D eigenvalue weighted by Crippen LogP contribution is -2.63. The number of benzene rings is 1. The van der Waals surface area contributed by atoms with Gasteiger partial charge < -0.3 is 72.2 Å². The molecule has 0 saturated heterocycles. The first kappa shape index (κ1) is 58.3. The van der Waals surface area contributed by atoms with E-state index in [0.717, 1.165) is 30.5 Å². The Kier molecular flexibility index (Phi) is 21.1. The van der Waals surface area contributed by atoms with Gasteiger partial charge in [0.25, 0.3) is 0 Å². The number of hydrogen-bond donors (Lipinski definition) is 10. The Balaban J connectivity index is 2.06. The SMILES string of the molecule is CC[C@H](C)[C@@H]1NC(=O)CNC(=O)[C@H]2Cc3c([nH]c4cc(OC(C)=O)ccc34)SC[C@H](NC(=O)CNC1=O)C(=O)NC(CC(N)=O)C(=O)N(C[C@@H](C)O)[C@@H](C)C(=O)N[C@@H]([C@@H](C)[C@H](COC(C)=O)OC(C)=O)C(=O)N2. The van der Waals surface area contributed by atoms with Gasteiger partial charge in [0.1, 0.15) is 54.7 Å². The van der Waals surface area contributed by atoms with Crippen LogP contribution in [0.4, 0.5) is 0 Å². The third-order valence-electron chi connectivity index (χ3n) is 11.9. The van der Waals surface area contributed by atoms with Crippen LogP contribution in [0, 0.1) is 11.8 Å². The zero-order valence-electron chi connectivity index (χ0n) is 41.7. The third kappa shape index (κ3) is 16.6. The van der Waals surface area contributed by atoms with Crippen LogP contribution in [0.5, 0.6) is 5.75 Å². The van der Waals surface area contributed by atoms with Crippen LogP contribution in [0.25, 0.3) is 10.9 Å². The van der Waals surface area contributed by atoms with Gasteiger partial charge in [-0.2, -0.15) is 0 Å². The van der Waals surface area contributed by atoms with E-state index >= 15 is 0 Å². The number of carbonyl (C=O) groups excluding carboxylic acids is 12. The molecule has 0 aliphatic carbocycles. The number of nitrogens with two attached hydrogens (primary N) is 1. The van der Waals surface area contributed by atoms with Gasteiger partial charge in [-0.15, -0.1) is 11.8 Å². The molecule has 2 aliphatic heterocycles. The molecule has 1 aromatic carbocycles. The highest BCUT2D eigenvalue weighted by Crippen LogP contribution is 2.34. The molecule has 26 nitrogen and oxygen atoms in total. The molecular weight excluding hydrogens is 981 g/mol. The zero-order chi connectivity index (χ0) is 54.4. The van der Waals surface area contributed by atoms with E-state index in [1.807, 2.05) is 0 Å². The average molecular weight is 1050 g/mol. The fourth-order valence-corrected chi connectivity index (χ4v) is 9.02. The van der Waals surface area contributed by atoms with Crippen LogP contribution >= 0.6 is 11.8 Å². The van der Waals surface area contributed by atoms with Crippen LogP contribution in [-0.4, -0.2) is 167 Å². The Morgan fingerprint density at radius 3 is 2.05 bits per heavy atom. The standard InChI is InChI=1S/C46H64N10O16S/c1-9-20(2)38-43(67)49-15-36(62)50-33-19-73-45-29(28-11-10-27(71-25(7)59)12-30(28)53-45)13-31(41(65)48-16-37(63)54-38)51-44(68)39(22(4)34(72-26(8)60)18-70-24(6)58)55-40(64)23(5)56(17-21(3)57)46(69)32(14-35(47)61)52-42(33)66/h10-12,20-23,31-34,38-39,53,57H,9,13-19H2,1-8H3,(H2,47,61)(H,48,65)(H,49,67)(H,50,62)(H,51,68)(H,52,66)(H,54,63)(H,55,64)/t20-,21+,22-,23-,31+,32?,33-,34-,38-,39-/m0/s1. The molecule has 3 heterocycles. The van der Waals surface area contributed by atoms with Crippen LogP contribution in [-0.2, 0) is 73.4 Å². The van der Waals surface area contributed by atoms with Gasteiger partial charge in [-0.3, -0.25) is 57.5 Å². The molecule has 2 aliphatic rings. The van der Waals surface area contributed by atoms with Crippen molar-refractivity contribution in [3.05, 3.63) is 23.8 Å². The van der Waals surface area contributed by atoms with Crippen LogP contribution < -0.4 is 47.7 Å². The summed E-state index contributed by atoms with van der Waals surface area (Å²) in [5.74, 6) is -13.4. The van der Waals surface area contributed by atoms with Crippen molar-refractivity contribution in [1.82, 2.24) is 47.1 Å². The number of aliphatic hydroxyl groups is 1. The minimum Gasteiger partial charge on any atom is -0.462 e. The number of carbonyl (C=O) groups is 12. The van der Waals surface area contributed by atoms with Crippen LogP contribution in [0.1, 0.15) is 73.8 Å². The van der Waals surface area contributed by atoms with Crippen molar-refractivity contribution >= 4 is 93.7 Å². The van der Waals surface area contributed by atoms with E-state index in [0.29, 0.717) is 22.9 Å². The second-order valence-corrected chi connectivity index (χ2v) is 18.9. The molecule has 1 unspecified atom stereocenters. The molecule has 2 aromatic rings. The van der Waals surface area contributed by atoms with E-state index in [9.17, 15) is 62.6 Å². The predicted octanol–water partition coefficient (Wildman–Crippen LogP) is -2.94. The summed E-state index contributed by atoms with van der Waals surface area (Å²) in [6.45, 7) is 7.87. The van der Waals surface area contributed by atoms with Gasteiger partial charge in [0.2, 0.25) is 53.2 Å². The number of aromatic nitrogens is 1. The van der Waals surface area contributed by atoms with Gasteiger partial charge in [-0.05, 0) is 37.5 Å². The van der Waals surface area contributed by atoms with E-state index in [4.69, 9.17) is 19.9 Å². The average Bonchev–Trinajstić information content (AvgIpc) is 3.65. The van der Waals surface area contributed by atoms with Gasteiger partial charge in [0, 0.05) is 56.9 Å². The zero-order valence-corrected chi connectivity index (χ0v) is 42.5. The maximum atomic E-state index is 15.0. The first-order valence-corrected chi connectivity index (χ1v) is 24.4. The van der Waals surface area contributed by atoms with Gasteiger partial charge >= 0.3 is 17.9 Å². The second-order valence-electron chi connectivity index (χ2n) is 17.8. The number of amides is 9. The minimum atomic E-state index is -1.84. The fourth-order valence-electron chi connectivity index (χ4n) is 7.90. The lowest BCUT2D eigenvalue weighted by atomic mass is 9.93. The van der Waals surface area contributed by atoms with Crippen molar-refractivity contribution in [1.29, 1.82) is 0 Å². The summed E-state index contributed by atoms with van der Waals surface area (Å²) in [4.78, 5) is 167. The number of rotatable bonds is 12. The van der Waals surface area contributed by atoms with E-state index < -0.39 is 170 Å². The molecule has 0 radical (unpaired) electrons. The molecule has 11 N–H and O–H groups in total. The Labute approximate surface area is 423 Å². The number of aromatic amines is 1. The smallest absolute Gasteiger partial charge is 0.308 e. The highest BCUT2D eigenvalue weighted by Gasteiger charge is 2.41. The molecule has 2 bridgehead atoms. The third-order valence-corrected chi connectivity index (χ3v) is 13.1. The molecule has 9 amide bonds. The molecule has 0 saturated carbocycles. The van der Waals surface area contributed by atoms with Gasteiger partial charge in [0.15, 0.2) is 0 Å². The number of fused-ring (bicyclic) bond motifs is 4. The number of thioether (sulfide) groups is 1. The van der Waals surface area contributed by atoms with Crippen molar-refractivity contribution in [3.63, 3.8) is 0 Å². The maximum absolute atomic E-state index is 15.0. The Hall–Kier alpha value is -7.29. The van der Waals surface area contributed by atoms with E-state index in [-0.39, 0.29) is 16.5 Å². The molecule has 0 fully saturated rings. The fraction of sp³-hybridized carbons (Fsp3) is 0.565. The summed E-state index contributed by atoms with van der Waals surface area (Å²) in [6, 6.07) is -5.34. The van der Waals surface area contributed by atoms with Crippen molar-refractivity contribution in [2.45, 2.75) is 128 Å². The summed E-state index contributed by atoms with van der Waals surface area (Å²) in [6.07, 6.45) is -3.69. The number of nitrogens with zero attached hydrogens (tertiary/aromatic N) is 1. The normalized spacial score (nSPS) is 23.8.